The van der Waals surface area contributed by atoms with Crippen LogP contribution in [0, 0.1) is 0 Å². The monoisotopic (exact) mass is 372 g/mol. The maximum atomic E-state index is 12.6. The molecule has 0 aliphatic rings. The van der Waals surface area contributed by atoms with Crippen molar-refractivity contribution in [2.45, 2.75) is 19.8 Å². The zero-order valence-corrected chi connectivity index (χ0v) is 15.3. The van der Waals surface area contributed by atoms with Crippen molar-refractivity contribution in [1.29, 1.82) is 0 Å². The Bertz CT molecular complexity index is 1190. The molecule has 4 aromatic rings. The lowest BCUT2D eigenvalue weighted by Crippen LogP contribution is -2.35. The summed E-state index contributed by atoms with van der Waals surface area (Å²) < 4.78 is 6.97. The molecule has 28 heavy (non-hydrogen) atoms. The standard InChI is InChI=1S/C23H20N2O3/c26-22-20-8-4-5-9-21(20)24-23(27)25(22)14-17-10-12-19(13-11-17)16-28-15-18-6-2-1-3-7-18/h1-13H,14-16H2,(H,24,27). The highest BCUT2D eigenvalue weighted by Gasteiger charge is 2.07. The molecule has 5 nitrogen and oxygen atoms in total. The second kappa shape index (κ2) is 8.06. The zero-order valence-electron chi connectivity index (χ0n) is 15.3. The number of para-hydroxylation sites is 1. The van der Waals surface area contributed by atoms with E-state index in [0.29, 0.717) is 24.1 Å². The first-order chi connectivity index (χ1) is 13.7. The zero-order chi connectivity index (χ0) is 19.3. The molecular weight excluding hydrogens is 352 g/mol. The van der Waals surface area contributed by atoms with Crippen LogP contribution in [0.25, 0.3) is 10.9 Å². The number of benzene rings is 3. The Morgan fingerprint density at radius 3 is 2.07 bits per heavy atom. The number of hydrogen-bond donors (Lipinski definition) is 1. The van der Waals surface area contributed by atoms with Crippen molar-refractivity contribution in [2.75, 3.05) is 0 Å². The van der Waals surface area contributed by atoms with Crippen molar-refractivity contribution in [3.8, 4) is 0 Å². The third kappa shape index (κ3) is 3.94. The summed E-state index contributed by atoms with van der Waals surface area (Å²) >= 11 is 0. The highest BCUT2D eigenvalue weighted by atomic mass is 16.5. The molecule has 1 aromatic heterocycles. The van der Waals surface area contributed by atoms with Crippen molar-refractivity contribution in [3.63, 3.8) is 0 Å². The minimum atomic E-state index is -0.404. The van der Waals surface area contributed by atoms with Gasteiger partial charge in [0.15, 0.2) is 0 Å². The number of nitrogens with zero attached hydrogens (tertiary/aromatic N) is 1. The lowest BCUT2D eigenvalue weighted by Gasteiger charge is -2.08. The van der Waals surface area contributed by atoms with Crippen molar-refractivity contribution in [1.82, 2.24) is 9.55 Å². The molecule has 1 heterocycles. The number of nitrogens with one attached hydrogen (secondary N) is 1. The van der Waals surface area contributed by atoms with E-state index >= 15 is 0 Å². The van der Waals surface area contributed by atoms with Crippen LogP contribution in [0.5, 0.6) is 0 Å². The van der Waals surface area contributed by atoms with E-state index < -0.39 is 5.69 Å². The summed E-state index contributed by atoms with van der Waals surface area (Å²) in [6.07, 6.45) is 0. The molecule has 0 aliphatic carbocycles. The third-order valence-corrected chi connectivity index (χ3v) is 4.63. The number of fused-ring (bicyclic) bond motifs is 1. The van der Waals surface area contributed by atoms with Gasteiger partial charge in [-0.1, -0.05) is 66.7 Å². The fraction of sp³-hybridized carbons (Fsp3) is 0.130. The molecule has 0 fully saturated rings. The molecule has 4 rings (SSSR count). The predicted octanol–water partition coefficient (Wildman–Crippen LogP) is 3.45. The molecule has 0 atom stereocenters. The Labute approximate surface area is 161 Å². The number of hydrogen-bond acceptors (Lipinski definition) is 3. The summed E-state index contributed by atoms with van der Waals surface area (Å²) in [4.78, 5) is 27.7. The van der Waals surface area contributed by atoms with Gasteiger partial charge in [-0.05, 0) is 28.8 Å². The minimum absolute atomic E-state index is 0.226. The molecule has 0 unspecified atom stereocenters. The average Bonchev–Trinajstić information content (AvgIpc) is 2.73. The van der Waals surface area contributed by atoms with Crippen LogP contribution in [0.3, 0.4) is 0 Å². The number of ether oxygens (including phenoxy) is 1. The SMILES string of the molecule is O=c1[nH]c2ccccc2c(=O)n1Cc1ccc(COCc2ccccc2)cc1. The Morgan fingerprint density at radius 1 is 0.714 bits per heavy atom. The maximum absolute atomic E-state index is 12.6. The molecule has 0 radical (unpaired) electrons. The molecule has 0 aliphatic heterocycles. The molecule has 0 spiro atoms. The first kappa shape index (κ1) is 17.9. The Kier molecular flexibility index (Phi) is 5.17. The fourth-order valence-corrected chi connectivity index (χ4v) is 3.13. The van der Waals surface area contributed by atoms with Crippen LogP contribution in [-0.2, 0) is 24.5 Å². The summed E-state index contributed by atoms with van der Waals surface area (Å²) in [5.41, 5.74) is 2.93. The lowest BCUT2D eigenvalue weighted by atomic mass is 10.1. The van der Waals surface area contributed by atoms with Gasteiger partial charge in [-0.25, -0.2) is 4.79 Å². The molecule has 0 saturated heterocycles. The largest absolute Gasteiger partial charge is 0.372 e. The van der Waals surface area contributed by atoms with Crippen LogP contribution >= 0.6 is 0 Å². The smallest absolute Gasteiger partial charge is 0.329 e. The fourth-order valence-electron chi connectivity index (χ4n) is 3.13. The number of rotatable bonds is 6. The van der Waals surface area contributed by atoms with Crippen LogP contribution in [-0.4, -0.2) is 9.55 Å². The van der Waals surface area contributed by atoms with Crippen LogP contribution in [0.15, 0.2) is 88.5 Å². The van der Waals surface area contributed by atoms with Crippen LogP contribution in [0.2, 0.25) is 0 Å². The molecule has 0 amide bonds. The predicted molar refractivity (Wildman–Crippen MR) is 109 cm³/mol. The van der Waals surface area contributed by atoms with E-state index in [9.17, 15) is 9.59 Å². The molecule has 3 aromatic carbocycles. The quantitative estimate of drug-likeness (QED) is 0.564. The summed E-state index contributed by atoms with van der Waals surface area (Å²) in [5.74, 6) is 0. The van der Waals surface area contributed by atoms with Crippen molar-refractivity contribution in [3.05, 3.63) is 116 Å². The average molecular weight is 372 g/mol. The van der Waals surface area contributed by atoms with Crippen molar-refractivity contribution < 1.29 is 4.74 Å². The van der Waals surface area contributed by atoms with E-state index in [1.807, 2.05) is 54.6 Å². The lowest BCUT2D eigenvalue weighted by molar-refractivity contribution is 0.107. The first-order valence-electron chi connectivity index (χ1n) is 9.12. The summed E-state index contributed by atoms with van der Waals surface area (Å²) in [5, 5.41) is 0.507. The van der Waals surface area contributed by atoms with Gasteiger partial charge in [0, 0.05) is 0 Å². The normalized spacial score (nSPS) is 11.0. The van der Waals surface area contributed by atoms with Crippen LogP contribution in [0.1, 0.15) is 16.7 Å². The highest BCUT2D eigenvalue weighted by Crippen LogP contribution is 2.09. The topological polar surface area (TPSA) is 64.1 Å². The first-order valence-corrected chi connectivity index (χ1v) is 9.12. The molecule has 1 N–H and O–H groups in total. The summed E-state index contributed by atoms with van der Waals surface area (Å²) in [6, 6.07) is 24.8. The van der Waals surface area contributed by atoms with Gasteiger partial charge in [0.25, 0.3) is 5.56 Å². The summed E-state index contributed by atoms with van der Waals surface area (Å²) in [6.45, 7) is 1.29. The van der Waals surface area contributed by atoms with Gasteiger partial charge in [-0.15, -0.1) is 0 Å². The highest BCUT2D eigenvalue weighted by molar-refractivity contribution is 5.76. The van der Waals surface area contributed by atoms with Gasteiger partial charge >= 0.3 is 5.69 Å². The van der Waals surface area contributed by atoms with E-state index in [-0.39, 0.29) is 12.1 Å². The minimum Gasteiger partial charge on any atom is -0.372 e. The Morgan fingerprint density at radius 2 is 1.32 bits per heavy atom. The number of aromatic amines is 1. The van der Waals surface area contributed by atoms with E-state index in [1.165, 1.54) is 4.57 Å². The van der Waals surface area contributed by atoms with Crippen molar-refractivity contribution in [2.24, 2.45) is 0 Å². The van der Waals surface area contributed by atoms with Crippen molar-refractivity contribution >= 4 is 10.9 Å². The van der Waals surface area contributed by atoms with Gasteiger partial charge in [-0.3, -0.25) is 9.36 Å². The second-order valence-electron chi connectivity index (χ2n) is 6.66. The number of aromatic nitrogens is 2. The second-order valence-corrected chi connectivity index (χ2v) is 6.66. The maximum Gasteiger partial charge on any atom is 0.329 e. The third-order valence-electron chi connectivity index (χ3n) is 4.63. The molecular formula is C23H20N2O3. The van der Waals surface area contributed by atoms with E-state index in [2.05, 4.69) is 4.98 Å². The Balaban J connectivity index is 1.45. The molecule has 5 heteroatoms. The molecule has 0 bridgehead atoms. The van der Waals surface area contributed by atoms with Crippen LogP contribution < -0.4 is 11.2 Å². The summed E-state index contributed by atoms with van der Waals surface area (Å²) in [7, 11) is 0. The van der Waals surface area contributed by atoms with Gasteiger partial charge in [0.05, 0.1) is 30.7 Å². The van der Waals surface area contributed by atoms with E-state index in [4.69, 9.17) is 4.74 Å². The van der Waals surface area contributed by atoms with Crippen LogP contribution in [0.4, 0.5) is 0 Å². The van der Waals surface area contributed by atoms with E-state index in [1.54, 1.807) is 24.3 Å². The van der Waals surface area contributed by atoms with Gasteiger partial charge in [-0.2, -0.15) is 0 Å². The molecule has 0 saturated carbocycles. The van der Waals surface area contributed by atoms with E-state index in [0.717, 1.165) is 16.7 Å². The van der Waals surface area contributed by atoms with Gasteiger partial charge in [0.1, 0.15) is 0 Å². The Hall–Kier alpha value is -3.44. The van der Waals surface area contributed by atoms with Gasteiger partial charge in [0.2, 0.25) is 0 Å². The number of H-pyrrole nitrogens is 1. The van der Waals surface area contributed by atoms with Gasteiger partial charge < -0.3 is 9.72 Å². The molecule has 140 valence electrons.